The van der Waals surface area contributed by atoms with Crippen LogP contribution < -0.4 is 0 Å². The molecule has 0 bridgehead atoms. The van der Waals surface area contributed by atoms with Gasteiger partial charge in [0.1, 0.15) is 0 Å². The van der Waals surface area contributed by atoms with Gasteiger partial charge in [-0.25, -0.2) is 0 Å². The molecule has 0 aliphatic carbocycles. The third-order valence-electron chi connectivity index (χ3n) is 1.66. The Morgan fingerprint density at radius 2 is 1.58 bits per heavy atom. The van der Waals surface area contributed by atoms with Gasteiger partial charge in [-0.2, -0.15) is 0 Å². The van der Waals surface area contributed by atoms with Gasteiger partial charge in [0.05, 0.1) is 10.0 Å². The molecule has 1 atom stereocenters. The Balaban J connectivity index is 3.23. The molecule has 0 radical (unpaired) electrons. The van der Waals surface area contributed by atoms with Gasteiger partial charge in [0, 0.05) is 15.3 Å². The number of hydrogen-bond acceptors (Lipinski definition) is 0. The highest BCUT2D eigenvalue weighted by Gasteiger charge is 2.08. The van der Waals surface area contributed by atoms with Crippen molar-refractivity contribution < 1.29 is 0 Å². The predicted octanol–water partition coefficient (Wildman–Crippen LogP) is 3.07. The first kappa shape index (κ1) is 10.4. The lowest BCUT2D eigenvalue weighted by Crippen LogP contribution is -1.93. The lowest BCUT2D eigenvalue weighted by atomic mass is 10.2. The van der Waals surface area contributed by atoms with Gasteiger partial charge in [-0.05, 0) is 23.2 Å². The summed E-state index contributed by atoms with van der Waals surface area (Å²) in [5.41, 5.74) is 1.60. The Morgan fingerprint density at radius 3 is 2.08 bits per heavy atom. The molecule has 0 aliphatic heterocycles. The average Bonchev–Trinajstić information content (AvgIpc) is 1.96. The molecule has 0 saturated heterocycles. The fraction of sp³-hybridized carbons (Fsp3) is 0.250. The summed E-state index contributed by atoms with van der Waals surface area (Å²) >= 11 is 17.6. The van der Waals surface area contributed by atoms with Crippen molar-refractivity contribution in [2.24, 2.45) is 0 Å². The number of hydrogen-bond donors (Lipinski definition) is 0. The molecule has 0 spiro atoms. The summed E-state index contributed by atoms with van der Waals surface area (Å²) in [5, 5.41) is 1.82. The fourth-order valence-electron chi connectivity index (χ4n) is 0.980. The molecule has 0 saturated carbocycles. The van der Waals surface area contributed by atoms with Crippen LogP contribution in [0.3, 0.4) is 0 Å². The van der Waals surface area contributed by atoms with Gasteiger partial charge < -0.3 is 0 Å². The molecule has 0 heterocycles. The van der Waals surface area contributed by atoms with E-state index in [0.717, 1.165) is 15.8 Å². The standard InChI is InChI=1S/C8H9Cl3Si/c1-4(12)5-2-7(10)8(11)3-6(5)9/h2-4H,1,12H3. The number of rotatable bonds is 1. The van der Waals surface area contributed by atoms with Gasteiger partial charge in [0.15, 0.2) is 0 Å². The van der Waals surface area contributed by atoms with E-state index in [-0.39, 0.29) is 0 Å². The lowest BCUT2D eigenvalue weighted by molar-refractivity contribution is 1.08. The van der Waals surface area contributed by atoms with Crippen molar-refractivity contribution in [3.63, 3.8) is 0 Å². The van der Waals surface area contributed by atoms with Crippen LogP contribution in [0.1, 0.15) is 18.0 Å². The van der Waals surface area contributed by atoms with Crippen LogP contribution in [0, 0.1) is 0 Å². The third-order valence-corrected chi connectivity index (χ3v) is 3.33. The summed E-state index contributed by atoms with van der Waals surface area (Å²) in [6, 6.07) is 3.55. The minimum atomic E-state index is 0.507. The Labute approximate surface area is 90.2 Å². The fourth-order valence-corrected chi connectivity index (χ4v) is 2.41. The van der Waals surface area contributed by atoms with Gasteiger partial charge in [-0.3, -0.25) is 0 Å². The zero-order valence-corrected chi connectivity index (χ0v) is 11.1. The van der Waals surface area contributed by atoms with Crippen LogP contribution in [-0.4, -0.2) is 10.2 Å². The summed E-state index contributed by atoms with van der Waals surface area (Å²) in [7, 11) is 1.06. The van der Waals surface area contributed by atoms with E-state index in [2.05, 4.69) is 6.92 Å². The second kappa shape index (κ2) is 4.01. The maximum atomic E-state index is 5.98. The number of halogens is 3. The largest absolute Gasteiger partial charge is 0.0840 e. The normalized spacial score (nSPS) is 13.3. The maximum Gasteiger partial charge on any atom is 0.0607 e. The molecule has 12 heavy (non-hydrogen) atoms. The van der Waals surface area contributed by atoms with E-state index < -0.39 is 0 Å². The van der Waals surface area contributed by atoms with Crippen molar-refractivity contribution in [3.05, 3.63) is 32.8 Å². The van der Waals surface area contributed by atoms with Crippen molar-refractivity contribution >= 4 is 45.0 Å². The molecule has 1 rings (SSSR count). The molecule has 4 heteroatoms. The second-order valence-electron chi connectivity index (χ2n) is 2.94. The Hall–Kier alpha value is 0.307. The van der Waals surface area contributed by atoms with E-state index in [4.69, 9.17) is 34.8 Å². The van der Waals surface area contributed by atoms with Crippen LogP contribution in [0.15, 0.2) is 12.1 Å². The molecule has 0 fully saturated rings. The number of benzene rings is 1. The van der Waals surface area contributed by atoms with E-state index in [1.54, 1.807) is 6.07 Å². The van der Waals surface area contributed by atoms with E-state index in [1.807, 2.05) is 6.07 Å². The van der Waals surface area contributed by atoms with Gasteiger partial charge >= 0.3 is 0 Å². The summed E-state index contributed by atoms with van der Waals surface area (Å²) in [5.74, 6) is 0. The van der Waals surface area contributed by atoms with Gasteiger partial charge in [-0.15, -0.1) is 0 Å². The van der Waals surface area contributed by atoms with Crippen LogP contribution in [0.2, 0.25) is 15.1 Å². The highest BCUT2D eigenvalue weighted by molar-refractivity contribution is 6.43. The molecule has 0 nitrogen and oxygen atoms in total. The highest BCUT2D eigenvalue weighted by Crippen LogP contribution is 2.31. The summed E-state index contributed by atoms with van der Waals surface area (Å²) in [6.07, 6.45) is 0. The zero-order chi connectivity index (χ0) is 9.30. The molecule has 0 aromatic heterocycles. The molecule has 1 aromatic carbocycles. The minimum absolute atomic E-state index is 0.507. The molecule has 1 unspecified atom stereocenters. The first-order valence-corrected chi connectivity index (χ1v) is 5.95. The van der Waals surface area contributed by atoms with Gasteiger partial charge in [0.2, 0.25) is 0 Å². The van der Waals surface area contributed by atoms with E-state index in [9.17, 15) is 0 Å². The third kappa shape index (κ3) is 2.16. The average molecular weight is 240 g/mol. The quantitative estimate of drug-likeness (QED) is 0.522. The van der Waals surface area contributed by atoms with Crippen molar-refractivity contribution in [1.82, 2.24) is 0 Å². The first-order valence-electron chi connectivity index (χ1n) is 3.67. The maximum absolute atomic E-state index is 5.98. The Morgan fingerprint density at radius 1 is 1.08 bits per heavy atom. The van der Waals surface area contributed by atoms with Crippen LogP contribution in [0.5, 0.6) is 0 Å². The van der Waals surface area contributed by atoms with Crippen molar-refractivity contribution in [3.8, 4) is 0 Å². The van der Waals surface area contributed by atoms with Crippen molar-refractivity contribution in [2.75, 3.05) is 0 Å². The van der Waals surface area contributed by atoms with E-state index in [1.165, 1.54) is 0 Å². The molecule has 0 N–H and O–H groups in total. The topological polar surface area (TPSA) is 0 Å². The van der Waals surface area contributed by atoms with Crippen LogP contribution >= 0.6 is 34.8 Å². The molecule has 1 aromatic rings. The van der Waals surface area contributed by atoms with Gasteiger partial charge in [0.25, 0.3) is 0 Å². The highest BCUT2D eigenvalue weighted by atomic mass is 35.5. The Bertz CT molecular complexity index is 297. The first-order chi connectivity index (χ1) is 5.52. The molecular weight excluding hydrogens is 231 g/mol. The second-order valence-corrected chi connectivity index (χ2v) is 5.90. The smallest absolute Gasteiger partial charge is 0.0607 e. The summed E-state index contributed by atoms with van der Waals surface area (Å²) in [6.45, 7) is 2.12. The predicted molar refractivity (Wildman–Crippen MR) is 59.8 cm³/mol. The SMILES string of the molecule is CC([SiH3])c1cc(Cl)c(Cl)cc1Cl. The van der Waals surface area contributed by atoms with Gasteiger partial charge in [-0.1, -0.05) is 41.7 Å². The molecule has 0 aliphatic rings. The van der Waals surface area contributed by atoms with Crippen LogP contribution in [0.4, 0.5) is 0 Å². The van der Waals surface area contributed by atoms with E-state index in [0.29, 0.717) is 20.6 Å². The van der Waals surface area contributed by atoms with Crippen LogP contribution in [-0.2, 0) is 0 Å². The summed E-state index contributed by atoms with van der Waals surface area (Å²) in [4.78, 5) is 0. The lowest BCUT2D eigenvalue weighted by Gasteiger charge is -2.08. The zero-order valence-electron chi connectivity index (χ0n) is 6.87. The van der Waals surface area contributed by atoms with Crippen LogP contribution in [0.25, 0.3) is 0 Å². The monoisotopic (exact) mass is 238 g/mol. The molecular formula is C8H9Cl3Si. The molecule has 0 amide bonds. The van der Waals surface area contributed by atoms with Crippen molar-refractivity contribution in [2.45, 2.75) is 12.5 Å². The molecule has 66 valence electrons. The summed E-state index contributed by atoms with van der Waals surface area (Å²) < 4.78 is 0. The minimum Gasteiger partial charge on any atom is -0.0840 e. The van der Waals surface area contributed by atoms with Crippen molar-refractivity contribution in [1.29, 1.82) is 0 Å². The van der Waals surface area contributed by atoms with E-state index >= 15 is 0 Å². The Kier molecular flexibility index (Phi) is 3.47.